The molecule has 126 valence electrons. The summed E-state index contributed by atoms with van der Waals surface area (Å²) in [5.41, 5.74) is 7.15. The van der Waals surface area contributed by atoms with Crippen LogP contribution in [0, 0.1) is 6.92 Å². The molecule has 3 N–H and O–H groups in total. The van der Waals surface area contributed by atoms with E-state index >= 15 is 0 Å². The Labute approximate surface area is 140 Å². The molecule has 0 fully saturated rings. The molecule has 2 aromatic carbocycles. The predicted octanol–water partition coefficient (Wildman–Crippen LogP) is 2.51. The minimum Gasteiger partial charge on any atom is -0.495 e. The minimum atomic E-state index is -0.727. The molecule has 0 spiro atoms. The second-order valence-corrected chi connectivity index (χ2v) is 5.34. The van der Waals surface area contributed by atoms with E-state index in [0.29, 0.717) is 22.7 Å². The fourth-order valence-corrected chi connectivity index (χ4v) is 2.11. The molecule has 24 heavy (non-hydrogen) atoms. The number of ether oxygens (including phenoxy) is 2. The summed E-state index contributed by atoms with van der Waals surface area (Å²) in [6.45, 7) is 3.56. The van der Waals surface area contributed by atoms with Gasteiger partial charge in [-0.25, -0.2) is 0 Å². The number of benzene rings is 2. The van der Waals surface area contributed by atoms with Crippen molar-refractivity contribution in [1.82, 2.24) is 0 Å². The Morgan fingerprint density at radius 2 is 1.79 bits per heavy atom. The molecule has 0 aliphatic rings. The third-order valence-electron chi connectivity index (χ3n) is 3.43. The zero-order chi connectivity index (χ0) is 17.7. The van der Waals surface area contributed by atoms with Crippen LogP contribution in [0.1, 0.15) is 22.8 Å². The number of nitrogens with two attached hydrogens (primary N) is 1. The highest BCUT2D eigenvalue weighted by Gasteiger charge is 2.17. The van der Waals surface area contributed by atoms with E-state index in [9.17, 15) is 9.59 Å². The largest absolute Gasteiger partial charge is 0.495 e. The summed E-state index contributed by atoms with van der Waals surface area (Å²) in [5, 5.41) is 2.79. The summed E-state index contributed by atoms with van der Waals surface area (Å²) in [7, 11) is 1.54. The van der Waals surface area contributed by atoms with Gasteiger partial charge in [0.2, 0.25) is 5.91 Å². The Balaban J connectivity index is 2.04. The van der Waals surface area contributed by atoms with E-state index in [2.05, 4.69) is 5.32 Å². The van der Waals surface area contributed by atoms with E-state index in [1.165, 1.54) is 0 Å². The SMILES string of the molecule is COc1ccc(C)cc1NC(=O)[C@@H](C)Oc1ccc(C(N)=O)cc1. The van der Waals surface area contributed by atoms with Gasteiger partial charge < -0.3 is 20.5 Å². The monoisotopic (exact) mass is 328 g/mol. The number of rotatable bonds is 6. The zero-order valence-corrected chi connectivity index (χ0v) is 13.8. The van der Waals surface area contributed by atoms with Gasteiger partial charge in [0.1, 0.15) is 11.5 Å². The third-order valence-corrected chi connectivity index (χ3v) is 3.43. The van der Waals surface area contributed by atoms with Gasteiger partial charge in [0.15, 0.2) is 6.10 Å². The maximum Gasteiger partial charge on any atom is 0.265 e. The highest BCUT2D eigenvalue weighted by atomic mass is 16.5. The van der Waals surface area contributed by atoms with Crippen LogP contribution in [0.4, 0.5) is 5.69 Å². The van der Waals surface area contributed by atoms with Crippen molar-refractivity contribution in [3.63, 3.8) is 0 Å². The van der Waals surface area contributed by atoms with Crippen molar-refractivity contribution in [2.24, 2.45) is 5.73 Å². The second-order valence-electron chi connectivity index (χ2n) is 5.34. The topological polar surface area (TPSA) is 90.7 Å². The van der Waals surface area contributed by atoms with Crippen molar-refractivity contribution in [3.05, 3.63) is 53.6 Å². The molecule has 0 saturated carbocycles. The van der Waals surface area contributed by atoms with Crippen LogP contribution in [0.5, 0.6) is 11.5 Å². The Hall–Kier alpha value is -3.02. The molecule has 0 radical (unpaired) electrons. The Morgan fingerprint density at radius 1 is 1.12 bits per heavy atom. The molecule has 6 nitrogen and oxygen atoms in total. The van der Waals surface area contributed by atoms with Gasteiger partial charge in [-0.15, -0.1) is 0 Å². The van der Waals surface area contributed by atoms with Crippen molar-refractivity contribution < 1.29 is 19.1 Å². The van der Waals surface area contributed by atoms with E-state index in [1.807, 2.05) is 19.1 Å². The minimum absolute atomic E-state index is 0.308. The van der Waals surface area contributed by atoms with Crippen molar-refractivity contribution in [2.75, 3.05) is 12.4 Å². The first-order chi connectivity index (χ1) is 11.4. The van der Waals surface area contributed by atoms with E-state index < -0.39 is 12.0 Å². The molecule has 6 heteroatoms. The van der Waals surface area contributed by atoms with Crippen molar-refractivity contribution >= 4 is 17.5 Å². The van der Waals surface area contributed by atoms with Gasteiger partial charge in [-0.3, -0.25) is 9.59 Å². The molecule has 2 amide bonds. The number of hydrogen-bond donors (Lipinski definition) is 2. The highest BCUT2D eigenvalue weighted by molar-refractivity contribution is 5.95. The molecule has 0 aromatic heterocycles. The Morgan fingerprint density at radius 3 is 2.38 bits per heavy atom. The lowest BCUT2D eigenvalue weighted by molar-refractivity contribution is -0.122. The summed E-state index contributed by atoms with van der Waals surface area (Å²) in [5.74, 6) is 0.225. The average molecular weight is 328 g/mol. The number of aryl methyl sites for hydroxylation is 1. The van der Waals surface area contributed by atoms with Crippen LogP contribution in [0.25, 0.3) is 0 Å². The lowest BCUT2D eigenvalue weighted by Crippen LogP contribution is -2.30. The van der Waals surface area contributed by atoms with Gasteiger partial charge in [0, 0.05) is 5.56 Å². The van der Waals surface area contributed by atoms with Crippen LogP contribution in [-0.2, 0) is 4.79 Å². The zero-order valence-electron chi connectivity index (χ0n) is 13.8. The third kappa shape index (κ3) is 4.25. The average Bonchev–Trinajstić information content (AvgIpc) is 2.55. The van der Waals surface area contributed by atoms with Crippen LogP contribution < -0.4 is 20.5 Å². The number of amides is 2. The van der Waals surface area contributed by atoms with Gasteiger partial charge in [-0.05, 0) is 55.8 Å². The fourth-order valence-electron chi connectivity index (χ4n) is 2.11. The first-order valence-corrected chi connectivity index (χ1v) is 7.42. The summed E-state index contributed by atoms with van der Waals surface area (Å²) in [4.78, 5) is 23.3. The molecular weight excluding hydrogens is 308 g/mol. The van der Waals surface area contributed by atoms with Gasteiger partial charge in [-0.1, -0.05) is 6.07 Å². The number of nitrogens with one attached hydrogen (secondary N) is 1. The highest BCUT2D eigenvalue weighted by Crippen LogP contribution is 2.25. The number of hydrogen-bond acceptors (Lipinski definition) is 4. The summed E-state index contributed by atoms with van der Waals surface area (Å²) in [6, 6.07) is 11.8. The molecule has 0 aliphatic carbocycles. The molecule has 0 heterocycles. The second kappa shape index (κ2) is 7.50. The van der Waals surface area contributed by atoms with E-state index in [0.717, 1.165) is 5.56 Å². The van der Waals surface area contributed by atoms with Crippen LogP contribution in [-0.4, -0.2) is 25.0 Å². The maximum absolute atomic E-state index is 12.3. The molecule has 0 unspecified atom stereocenters. The molecule has 2 rings (SSSR count). The molecule has 0 bridgehead atoms. The number of methoxy groups -OCH3 is 1. The van der Waals surface area contributed by atoms with Gasteiger partial charge in [-0.2, -0.15) is 0 Å². The first kappa shape index (κ1) is 17.3. The van der Waals surface area contributed by atoms with E-state index in [4.69, 9.17) is 15.2 Å². The first-order valence-electron chi connectivity index (χ1n) is 7.42. The smallest absolute Gasteiger partial charge is 0.265 e. The van der Waals surface area contributed by atoms with Crippen LogP contribution in [0.2, 0.25) is 0 Å². The summed E-state index contributed by atoms with van der Waals surface area (Å²) < 4.78 is 10.8. The summed E-state index contributed by atoms with van der Waals surface area (Å²) in [6.07, 6.45) is -0.727. The van der Waals surface area contributed by atoms with E-state index in [1.54, 1.807) is 44.4 Å². The predicted molar refractivity (Wildman–Crippen MR) is 91.4 cm³/mol. The number of carbonyl (C=O) groups excluding carboxylic acids is 2. The Bertz CT molecular complexity index is 741. The normalized spacial score (nSPS) is 11.5. The lowest BCUT2D eigenvalue weighted by Gasteiger charge is -2.16. The van der Waals surface area contributed by atoms with Gasteiger partial charge >= 0.3 is 0 Å². The standard InChI is InChI=1S/C18H20N2O4/c1-11-4-9-16(23-3)15(10-11)20-18(22)12(2)24-14-7-5-13(6-8-14)17(19)21/h4-10,12H,1-3H3,(H2,19,21)(H,20,22)/t12-/m1/s1. The van der Waals surface area contributed by atoms with Crippen LogP contribution >= 0.6 is 0 Å². The number of carbonyl (C=O) groups is 2. The Kier molecular flexibility index (Phi) is 5.42. The van der Waals surface area contributed by atoms with Crippen LogP contribution in [0.15, 0.2) is 42.5 Å². The molecule has 1 atom stereocenters. The van der Waals surface area contributed by atoms with Crippen molar-refractivity contribution in [2.45, 2.75) is 20.0 Å². The lowest BCUT2D eigenvalue weighted by atomic mass is 10.2. The number of anilines is 1. The molecule has 0 saturated heterocycles. The van der Waals surface area contributed by atoms with Gasteiger partial charge in [0.25, 0.3) is 5.91 Å². The fraction of sp³-hybridized carbons (Fsp3) is 0.222. The van der Waals surface area contributed by atoms with Gasteiger partial charge in [0.05, 0.1) is 12.8 Å². The van der Waals surface area contributed by atoms with Crippen LogP contribution in [0.3, 0.4) is 0 Å². The van der Waals surface area contributed by atoms with Crippen molar-refractivity contribution in [3.8, 4) is 11.5 Å². The summed E-state index contributed by atoms with van der Waals surface area (Å²) >= 11 is 0. The molecule has 0 aliphatic heterocycles. The quantitative estimate of drug-likeness (QED) is 0.852. The van der Waals surface area contributed by atoms with Crippen molar-refractivity contribution in [1.29, 1.82) is 0 Å². The maximum atomic E-state index is 12.3. The number of primary amides is 1. The molecular formula is C18H20N2O4. The molecule has 2 aromatic rings. The van der Waals surface area contributed by atoms with E-state index in [-0.39, 0.29) is 5.91 Å².